The summed E-state index contributed by atoms with van der Waals surface area (Å²) in [6, 6.07) is 7.79. The van der Waals surface area contributed by atoms with Gasteiger partial charge in [-0.15, -0.1) is 0 Å². The predicted molar refractivity (Wildman–Crippen MR) is 96.5 cm³/mol. The maximum absolute atomic E-state index is 6.01. The Balaban J connectivity index is 1.79. The number of hydrogen-bond acceptors (Lipinski definition) is 3. The molecule has 0 saturated carbocycles. The van der Waals surface area contributed by atoms with Crippen molar-refractivity contribution in [1.29, 1.82) is 0 Å². The van der Waals surface area contributed by atoms with Gasteiger partial charge in [0.15, 0.2) is 22.7 Å². The quantitative estimate of drug-likeness (QED) is 0.561. The first kappa shape index (κ1) is 17.8. The molecule has 23 heavy (non-hydrogen) atoms. The topological polar surface area (TPSA) is 38.2 Å². The molecular formula is C17H28N3O2S+. The molecule has 128 valence electrons. The second-order valence-electron chi connectivity index (χ2n) is 6.08. The SMILES string of the molecule is CCN(C[C@@H]1COc2ccccc2O1)C(=S)NCCC[NH+](C)C. The van der Waals surface area contributed by atoms with Crippen LogP contribution in [0.5, 0.6) is 11.5 Å². The molecule has 1 aromatic carbocycles. The van der Waals surface area contributed by atoms with Crippen LogP contribution >= 0.6 is 12.2 Å². The number of likely N-dealkylation sites (N-methyl/N-ethyl adjacent to an activating group) is 1. The largest absolute Gasteiger partial charge is 0.486 e. The average molecular weight is 338 g/mol. The van der Waals surface area contributed by atoms with E-state index in [1.165, 1.54) is 4.90 Å². The van der Waals surface area contributed by atoms with E-state index in [9.17, 15) is 0 Å². The predicted octanol–water partition coefficient (Wildman–Crippen LogP) is 0.557. The van der Waals surface area contributed by atoms with Crippen LogP contribution in [0.4, 0.5) is 0 Å². The minimum absolute atomic E-state index is 0.00387. The van der Waals surface area contributed by atoms with E-state index < -0.39 is 0 Å². The van der Waals surface area contributed by atoms with E-state index in [1.807, 2.05) is 24.3 Å². The highest BCUT2D eigenvalue weighted by atomic mass is 32.1. The summed E-state index contributed by atoms with van der Waals surface area (Å²) in [6.45, 7) is 6.29. The van der Waals surface area contributed by atoms with Gasteiger partial charge in [-0.25, -0.2) is 0 Å². The number of para-hydroxylation sites is 2. The van der Waals surface area contributed by atoms with Crippen LogP contribution in [-0.4, -0.2) is 63.0 Å². The summed E-state index contributed by atoms with van der Waals surface area (Å²) in [5.74, 6) is 1.63. The van der Waals surface area contributed by atoms with Gasteiger partial charge in [0, 0.05) is 19.5 Å². The zero-order chi connectivity index (χ0) is 16.7. The van der Waals surface area contributed by atoms with E-state index in [-0.39, 0.29) is 6.10 Å². The summed E-state index contributed by atoms with van der Waals surface area (Å²) in [4.78, 5) is 3.59. The second-order valence-corrected chi connectivity index (χ2v) is 6.47. The molecule has 1 aliphatic heterocycles. The van der Waals surface area contributed by atoms with Gasteiger partial charge in [0.2, 0.25) is 0 Å². The van der Waals surface area contributed by atoms with Gasteiger partial charge in [-0.1, -0.05) is 12.1 Å². The van der Waals surface area contributed by atoms with Gasteiger partial charge in [-0.3, -0.25) is 0 Å². The molecule has 1 atom stereocenters. The van der Waals surface area contributed by atoms with Crippen LogP contribution in [0.15, 0.2) is 24.3 Å². The Morgan fingerprint density at radius 3 is 2.78 bits per heavy atom. The third kappa shape index (κ3) is 5.55. The molecule has 0 radical (unpaired) electrons. The lowest BCUT2D eigenvalue weighted by Gasteiger charge is -2.32. The fraction of sp³-hybridized carbons (Fsp3) is 0.588. The first-order valence-electron chi connectivity index (χ1n) is 8.30. The first-order valence-corrected chi connectivity index (χ1v) is 8.71. The van der Waals surface area contributed by atoms with Crippen molar-refractivity contribution in [1.82, 2.24) is 10.2 Å². The Hall–Kier alpha value is -1.53. The number of quaternary nitrogens is 1. The molecule has 1 aliphatic rings. The molecule has 2 N–H and O–H groups in total. The number of hydrogen-bond donors (Lipinski definition) is 2. The maximum atomic E-state index is 6.01. The number of nitrogens with zero attached hydrogens (tertiary/aromatic N) is 1. The highest BCUT2D eigenvalue weighted by Gasteiger charge is 2.23. The zero-order valence-corrected chi connectivity index (χ0v) is 15.1. The molecule has 2 rings (SSSR count). The Bertz CT molecular complexity index is 510. The summed E-state index contributed by atoms with van der Waals surface area (Å²) < 4.78 is 11.8. The highest BCUT2D eigenvalue weighted by molar-refractivity contribution is 7.80. The number of benzene rings is 1. The molecule has 5 nitrogen and oxygen atoms in total. The normalized spacial score (nSPS) is 16.3. The monoisotopic (exact) mass is 338 g/mol. The lowest BCUT2D eigenvalue weighted by molar-refractivity contribution is -0.858. The van der Waals surface area contributed by atoms with Gasteiger partial charge in [-0.2, -0.15) is 0 Å². The number of ether oxygens (including phenoxy) is 2. The van der Waals surface area contributed by atoms with Crippen LogP contribution in [-0.2, 0) is 0 Å². The highest BCUT2D eigenvalue weighted by Crippen LogP contribution is 2.30. The number of fused-ring (bicyclic) bond motifs is 1. The zero-order valence-electron chi connectivity index (χ0n) is 14.3. The molecule has 1 heterocycles. The third-order valence-corrected chi connectivity index (χ3v) is 4.19. The van der Waals surface area contributed by atoms with E-state index in [4.69, 9.17) is 21.7 Å². The van der Waals surface area contributed by atoms with Gasteiger partial charge in [0.25, 0.3) is 0 Å². The standard InChI is InChI=1S/C17H27N3O2S/c1-4-20(17(23)18-10-7-11-19(2)3)12-14-13-21-15-8-5-6-9-16(15)22-14/h5-6,8-9,14H,4,7,10-13H2,1-3H3,(H,18,23)/p+1/t14-/m1/s1. The summed E-state index contributed by atoms with van der Waals surface area (Å²) in [6.07, 6.45) is 1.10. The maximum Gasteiger partial charge on any atom is 0.169 e. The second kappa shape index (κ2) is 8.93. The average Bonchev–Trinajstić information content (AvgIpc) is 2.56. The number of nitrogens with one attached hydrogen (secondary N) is 2. The lowest BCUT2D eigenvalue weighted by Crippen LogP contribution is -3.05. The van der Waals surface area contributed by atoms with Crippen molar-refractivity contribution in [3.63, 3.8) is 0 Å². The molecule has 0 aliphatic carbocycles. The van der Waals surface area contributed by atoms with E-state index in [0.29, 0.717) is 6.61 Å². The molecule has 0 aromatic heterocycles. The third-order valence-electron chi connectivity index (χ3n) is 3.79. The Kier molecular flexibility index (Phi) is 6.92. The molecule has 0 amide bonds. The van der Waals surface area contributed by atoms with Crippen LogP contribution < -0.4 is 19.7 Å². The van der Waals surface area contributed by atoms with Gasteiger partial charge >= 0.3 is 0 Å². The van der Waals surface area contributed by atoms with Crippen LogP contribution in [0.25, 0.3) is 0 Å². The van der Waals surface area contributed by atoms with E-state index >= 15 is 0 Å². The minimum Gasteiger partial charge on any atom is -0.486 e. The van der Waals surface area contributed by atoms with Gasteiger partial charge < -0.3 is 24.6 Å². The molecule has 0 saturated heterocycles. The van der Waals surface area contributed by atoms with Crippen LogP contribution in [0.2, 0.25) is 0 Å². The molecule has 1 aromatic rings. The van der Waals surface area contributed by atoms with Crippen LogP contribution in [0.1, 0.15) is 13.3 Å². The molecule has 6 heteroatoms. The minimum atomic E-state index is -0.00387. The fourth-order valence-electron chi connectivity index (χ4n) is 2.50. The van der Waals surface area contributed by atoms with Crippen molar-refractivity contribution in [3.05, 3.63) is 24.3 Å². The van der Waals surface area contributed by atoms with E-state index in [1.54, 1.807) is 0 Å². The smallest absolute Gasteiger partial charge is 0.169 e. The van der Waals surface area contributed by atoms with E-state index in [2.05, 4.69) is 31.2 Å². The van der Waals surface area contributed by atoms with Crippen LogP contribution in [0, 0.1) is 0 Å². The number of rotatable bonds is 7. The first-order chi connectivity index (χ1) is 11.1. The van der Waals surface area contributed by atoms with Gasteiger partial charge in [0.1, 0.15) is 6.61 Å². The van der Waals surface area contributed by atoms with Crippen LogP contribution in [0.3, 0.4) is 0 Å². The Morgan fingerprint density at radius 2 is 2.09 bits per heavy atom. The summed E-state index contributed by atoms with van der Waals surface area (Å²) in [7, 11) is 4.32. The van der Waals surface area contributed by atoms with Gasteiger partial charge in [0.05, 0.1) is 27.2 Å². The van der Waals surface area contributed by atoms with Crippen molar-refractivity contribution in [2.75, 3.05) is 46.9 Å². The lowest BCUT2D eigenvalue weighted by atomic mass is 10.2. The molecule has 0 fully saturated rings. The molecular weight excluding hydrogens is 310 g/mol. The fourth-order valence-corrected chi connectivity index (χ4v) is 2.81. The van der Waals surface area contributed by atoms with Gasteiger partial charge in [-0.05, 0) is 31.3 Å². The summed E-state index contributed by atoms with van der Waals surface area (Å²) in [5.41, 5.74) is 0. The van der Waals surface area contributed by atoms with Crippen molar-refractivity contribution in [2.45, 2.75) is 19.4 Å². The Labute approximate surface area is 144 Å². The summed E-state index contributed by atoms with van der Waals surface area (Å²) >= 11 is 5.51. The Morgan fingerprint density at radius 1 is 1.35 bits per heavy atom. The summed E-state index contributed by atoms with van der Waals surface area (Å²) in [5, 5.41) is 4.14. The van der Waals surface area contributed by atoms with Crippen molar-refractivity contribution in [3.8, 4) is 11.5 Å². The number of thiocarbonyl (C=S) groups is 1. The molecule has 0 spiro atoms. The molecule has 0 unspecified atom stereocenters. The van der Waals surface area contributed by atoms with E-state index in [0.717, 1.165) is 49.2 Å². The van der Waals surface area contributed by atoms with Crippen molar-refractivity contribution >= 4 is 17.3 Å². The molecule has 0 bridgehead atoms. The van der Waals surface area contributed by atoms with Crippen molar-refractivity contribution < 1.29 is 14.4 Å². The van der Waals surface area contributed by atoms with Crippen molar-refractivity contribution in [2.24, 2.45) is 0 Å².